The Kier molecular flexibility index (Phi) is 10.2. The van der Waals surface area contributed by atoms with Crippen LogP contribution in [0.4, 0.5) is 5.69 Å². The van der Waals surface area contributed by atoms with Gasteiger partial charge in [-0.2, -0.15) is 0 Å². The number of methoxy groups -OCH3 is 1. The third kappa shape index (κ3) is 7.50. The van der Waals surface area contributed by atoms with Crippen molar-refractivity contribution in [1.82, 2.24) is 19.7 Å². The highest BCUT2D eigenvalue weighted by Crippen LogP contribution is 2.38. The fourth-order valence-corrected chi connectivity index (χ4v) is 6.82. The number of amides is 1. The molecule has 10 nitrogen and oxygen atoms in total. The number of rotatable bonds is 14. The van der Waals surface area contributed by atoms with Gasteiger partial charge < -0.3 is 33.3 Å². The molecule has 3 aromatic carbocycles. The first-order valence-corrected chi connectivity index (χ1v) is 17.4. The van der Waals surface area contributed by atoms with E-state index < -0.39 is 0 Å². The molecular weight excluding hydrogens is 606 g/mol. The third-order valence-electron chi connectivity index (χ3n) is 9.56. The van der Waals surface area contributed by atoms with Crippen molar-refractivity contribution in [3.8, 4) is 28.7 Å². The van der Waals surface area contributed by atoms with Crippen LogP contribution in [0, 0.1) is 0 Å². The van der Waals surface area contributed by atoms with Crippen LogP contribution in [0.3, 0.4) is 0 Å². The molecule has 4 aromatic rings. The van der Waals surface area contributed by atoms with Crippen LogP contribution in [0.15, 0.2) is 70.1 Å². The molecule has 2 fully saturated rings. The highest BCUT2D eigenvalue weighted by molar-refractivity contribution is 6.03. The Morgan fingerprint density at radius 2 is 1.60 bits per heavy atom. The van der Waals surface area contributed by atoms with Gasteiger partial charge in [0.15, 0.2) is 17.1 Å². The zero-order chi connectivity index (χ0) is 32.7. The van der Waals surface area contributed by atoms with Crippen LogP contribution in [0.2, 0.25) is 0 Å². The van der Waals surface area contributed by atoms with Crippen molar-refractivity contribution in [1.29, 1.82) is 0 Å². The number of nitrogens with zero attached hydrogens (tertiary/aromatic N) is 5. The van der Waals surface area contributed by atoms with Crippen LogP contribution in [-0.4, -0.2) is 104 Å². The molecule has 2 saturated heterocycles. The van der Waals surface area contributed by atoms with Gasteiger partial charge in [0.25, 0.3) is 5.91 Å². The topological polar surface area (TPSA) is 92.9 Å². The number of unbranched alkanes of at least 4 members (excludes halogenated alkanes) is 2. The van der Waals surface area contributed by atoms with E-state index in [-0.39, 0.29) is 11.9 Å². The molecule has 10 heteroatoms. The molecule has 252 valence electrons. The number of carbonyl (C=O) groups excluding carboxylic acids is 1. The van der Waals surface area contributed by atoms with Crippen molar-refractivity contribution in [3.63, 3.8) is 0 Å². The first kappa shape index (κ1) is 32.2. The largest absolute Gasteiger partial charge is 0.494 e. The monoisotopic (exact) mass is 651 g/mol. The van der Waals surface area contributed by atoms with Crippen LogP contribution in [0.25, 0.3) is 22.6 Å². The number of piperazine rings is 1. The van der Waals surface area contributed by atoms with Crippen molar-refractivity contribution in [3.05, 3.63) is 66.2 Å². The lowest BCUT2D eigenvalue weighted by Gasteiger charge is -2.34. The molecule has 3 aliphatic heterocycles. The first-order chi connectivity index (χ1) is 23.6. The Balaban J connectivity index is 0.773. The molecule has 0 spiro atoms. The van der Waals surface area contributed by atoms with E-state index in [2.05, 4.69) is 19.8 Å². The van der Waals surface area contributed by atoms with Gasteiger partial charge in [-0.1, -0.05) is 18.2 Å². The highest BCUT2D eigenvalue weighted by atomic mass is 16.5. The molecule has 4 heterocycles. The van der Waals surface area contributed by atoms with Gasteiger partial charge in [0.2, 0.25) is 5.89 Å². The minimum Gasteiger partial charge on any atom is -0.494 e. The normalized spacial score (nSPS) is 18.1. The highest BCUT2D eigenvalue weighted by Gasteiger charge is 2.32. The Hall–Kier alpha value is -4.41. The van der Waals surface area contributed by atoms with Gasteiger partial charge in [0.05, 0.1) is 37.6 Å². The molecule has 0 N–H and O–H groups in total. The van der Waals surface area contributed by atoms with Crippen LogP contribution < -0.4 is 14.2 Å². The summed E-state index contributed by atoms with van der Waals surface area (Å²) in [5, 5.41) is 0. The maximum Gasteiger partial charge on any atom is 0.256 e. The number of aliphatic imine (C=N–C) groups is 1. The maximum atomic E-state index is 13.1. The van der Waals surface area contributed by atoms with Crippen LogP contribution >= 0.6 is 0 Å². The summed E-state index contributed by atoms with van der Waals surface area (Å²) in [5.41, 5.74) is 3.83. The Morgan fingerprint density at radius 3 is 2.38 bits per heavy atom. The predicted octanol–water partition coefficient (Wildman–Crippen LogP) is 6.46. The number of oxazole rings is 1. The number of fused-ring (bicyclic) bond motifs is 3. The van der Waals surface area contributed by atoms with Crippen molar-refractivity contribution in [2.75, 3.05) is 66.1 Å². The predicted molar refractivity (Wildman–Crippen MR) is 187 cm³/mol. The number of hydrogen-bond donors (Lipinski definition) is 0. The summed E-state index contributed by atoms with van der Waals surface area (Å²) in [7, 11) is 1.62. The Bertz CT molecular complexity index is 1700. The molecule has 0 bridgehead atoms. The van der Waals surface area contributed by atoms with Gasteiger partial charge in [-0.15, -0.1) is 0 Å². The average molecular weight is 652 g/mol. The second kappa shape index (κ2) is 15.2. The fraction of sp³-hybridized carbons (Fsp3) is 0.447. The second-order valence-corrected chi connectivity index (χ2v) is 12.8. The van der Waals surface area contributed by atoms with Gasteiger partial charge >= 0.3 is 0 Å². The number of hydrogen-bond acceptors (Lipinski definition) is 9. The minimum atomic E-state index is 0.0276. The number of aromatic nitrogens is 1. The van der Waals surface area contributed by atoms with Gasteiger partial charge in [-0.05, 0) is 88.0 Å². The summed E-state index contributed by atoms with van der Waals surface area (Å²) >= 11 is 0. The number of ether oxygens (including phenoxy) is 3. The lowest BCUT2D eigenvalue weighted by Crippen LogP contribution is -2.46. The van der Waals surface area contributed by atoms with E-state index in [9.17, 15) is 4.79 Å². The van der Waals surface area contributed by atoms with Crippen molar-refractivity contribution in [2.24, 2.45) is 4.99 Å². The number of benzene rings is 3. The first-order valence-electron chi connectivity index (χ1n) is 17.4. The van der Waals surface area contributed by atoms with E-state index in [1.807, 2.05) is 65.7 Å². The standard InChI is InChI=1S/C38H45N5O5/c1-45-35-25-31-33(39-27-29-11-9-17-43(29)38(31)44)26-36(35)47-23-7-5-16-42-20-18-41(19-21-42)15-4-6-22-46-30-12-8-10-28(24-30)37-40-32-13-2-3-14-34(32)48-37/h2-3,8,10,12-14,24-27,29H,4-7,9,11,15-23H2,1H3. The number of para-hydroxylation sites is 2. The average Bonchev–Trinajstić information content (AvgIpc) is 3.76. The summed E-state index contributed by atoms with van der Waals surface area (Å²) in [4.78, 5) is 29.4. The van der Waals surface area contributed by atoms with Gasteiger partial charge in [-0.3, -0.25) is 9.79 Å². The molecule has 1 amide bonds. The summed E-state index contributed by atoms with van der Waals surface area (Å²) in [6.45, 7) is 8.66. The molecule has 1 unspecified atom stereocenters. The second-order valence-electron chi connectivity index (χ2n) is 12.8. The SMILES string of the molecule is COc1cc2c(cc1OCCCCN1CCN(CCCCOc3cccc(-c4nc5ccccc5o4)c3)CC1)N=CC1CCCN1C2=O. The molecule has 0 aliphatic carbocycles. The summed E-state index contributed by atoms with van der Waals surface area (Å²) in [5.74, 6) is 2.72. The third-order valence-corrected chi connectivity index (χ3v) is 9.56. The Morgan fingerprint density at radius 1 is 0.833 bits per heavy atom. The van der Waals surface area contributed by atoms with Crippen LogP contribution in [0.1, 0.15) is 48.9 Å². The van der Waals surface area contributed by atoms with E-state index in [1.54, 1.807) is 13.2 Å². The van der Waals surface area contributed by atoms with E-state index in [0.29, 0.717) is 41.9 Å². The maximum absolute atomic E-state index is 13.1. The summed E-state index contributed by atoms with van der Waals surface area (Å²) in [6, 6.07) is 19.5. The van der Waals surface area contributed by atoms with Crippen molar-refractivity contribution < 1.29 is 23.4 Å². The molecule has 0 saturated carbocycles. The summed E-state index contributed by atoms with van der Waals surface area (Å²) < 4.78 is 23.7. The molecule has 7 rings (SSSR count). The molecule has 0 radical (unpaired) electrons. The fourth-order valence-electron chi connectivity index (χ4n) is 6.82. The van der Waals surface area contributed by atoms with E-state index >= 15 is 0 Å². The van der Waals surface area contributed by atoms with Gasteiger partial charge in [0, 0.05) is 50.6 Å². The Labute approximate surface area is 282 Å². The van der Waals surface area contributed by atoms with E-state index in [0.717, 1.165) is 107 Å². The smallest absolute Gasteiger partial charge is 0.256 e. The van der Waals surface area contributed by atoms with E-state index in [1.165, 1.54) is 0 Å². The van der Waals surface area contributed by atoms with Crippen LogP contribution in [0.5, 0.6) is 17.2 Å². The lowest BCUT2D eigenvalue weighted by molar-refractivity contribution is 0.0774. The van der Waals surface area contributed by atoms with Crippen molar-refractivity contribution >= 4 is 28.9 Å². The molecular formula is C38H45N5O5. The van der Waals surface area contributed by atoms with Gasteiger partial charge in [-0.25, -0.2) is 4.98 Å². The molecule has 3 aliphatic rings. The minimum absolute atomic E-state index is 0.0276. The van der Waals surface area contributed by atoms with E-state index in [4.69, 9.17) is 18.6 Å². The lowest BCUT2D eigenvalue weighted by atomic mass is 10.1. The molecule has 1 aromatic heterocycles. The zero-order valence-electron chi connectivity index (χ0n) is 27.8. The molecule has 48 heavy (non-hydrogen) atoms. The van der Waals surface area contributed by atoms with Crippen LogP contribution in [-0.2, 0) is 0 Å². The quantitative estimate of drug-likeness (QED) is 0.144. The molecule has 1 atom stereocenters. The number of carbonyl (C=O) groups is 1. The zero-order valence-corrected chi connectivity index (χ0v) is 27.8. The van der Waals surface area contributed by atoms with Gasteiger partial charge in [0.1, 0.15) is 11.3 Å². The summed E-state index contributed by atoms with van der Waals surface area (Å²) in [6.07, 6.45) is 8.06. The van der Waals surface area contributed by atoms with Crippen molar-refractivity contribution in [2.45, 2.75) is 44.6 Å².